The number of benzene rings is 2. The quantitative estimate of drug-likeness (QED) is 0.229. The van der Waals surface area contributed by atoms with E-state index in [1.807, 2.05) is 0 Å². The highest BCUT2D eigenvalue weighted by Gasteiger charge is 2.31. The number of aromatic amines is 1. The second kappa shape index (κ2) is 13.6. The Balaban J connectivity index is 1.26. The van der Waals surface area contributed by atoms with Gasteiger partial charge in [-0.05, 0) is 108 Å². The van der Waals surface area contributed by atoms with E-state index in [1.54, 1.807) is 0 Å². The first-order chi connectivity index (χ1) is 20.1. The van der Waals surface area contributed by atoms with Crippen molar-refractivity contribution in [2.45, 2.75) is 68.2 Å². The van der Waals surface area contributed by atoms with Gasteiger partial charge in [0.2, 0.25) is 0 Å². The van der Waals surface area contributed by atoms with Gasteiger partial charge in [0.15, 0.2) is 0 Å². The highest BCUT2D eigenvalue weighted by Crippen LogP contribution is 2.42. The van der Waals surface area contributed by atoms with Crippen molar-refractivity contribution in [2.75, 3.05) is 38.5 Å². The highest BCUT2D eigenvalue weighted by molar-refractivity contribution is 7.99. The zero-order valence-corrected chi connectivity index (χ0v) is 25.0. The molecule has 3 heterocycles. The highest BCUT2D eigenvalue weighted by atomic mass is 35.5. The predicted octanol–water partition coefficient (Wildman–Crippen LogP) is 6.76. The first-order valence-corrected chi connectivity index (χ1v) is 16.0. The summed E-state index contributed by atoms with van der Waals surface area (Å²) < 4.78 is 40.8. The van der Waals surface area contributed by atoms with E-state index in [0.29, 0.717) is 12.5 Å². The molecule has 1 aromatic heterocycles. The molecule has 0 amide bonds. The third-order valence-corrected chi connectivity index (χ3v) is 9.89. The summed E-state index contributed by atoms with van der Waals surface area (Å²) in [4.78, 5) is 21.1. The second-order valence-corrected chi connectivity index (χ2v) is 12.8. The van der Waals surface area contributed by atoms with Crippen LogP contribution >= 0.6 is 23.4 Å². The van der Waals surface area contributed by atoms with Crippen LogP contribution in [0.4, 0.5) is 13.2 Å². The van der Waals surface area contributed by atoms with Gasteiger partial charge in [0.1, 0.15) is 5.75 Å². The number of aliphatic hydroxyl groups excluding tert-OH is 1. The fraction of sp³-hybridized carbons (Fsp3) is 0.516. The molecule has 2 aliphatic rings. The first kappa shape index (κ1) is 31.2. The van der Waals surface area contributed by atoms with Crippen LogP contribution in [0.1, 0.15) is 50.5 Å². The Bertz CT molecular complexity index is 1440. The summed E-state index contributed by atoms with van der Waals surface area (Å²) in [5.41, 5.74) is -0.862. The Morgan fingerprint density at radius 3 is 2.50 bits per heavy atom. The molecule has 0 radical (unpaired) electrons. The number of piperidine rings is 2. The van der Waals surface area contributed by atoms with E-state index in [2.05, 4.69) is 14.8 Å². The van der Waals surface area contributed by atoms with Gasteiger partial charge in [-0.3, -0.25) is 4.79 Å². The first-order valence-electron chi connectivity index (χ1n) is 14.6. The molecule has 2 aromatic carbocycles. The molecule has 1 unspecified atom stereocenters. The van der Waals surface area contributed by atoms with Crippen LogP contribution in [-0.4, -0.2) is 75.6 Å². The number of H-pyrrole nitrogens is 1. The lowest BCUT2D eigenvalue weighted by molar-refractivity contribution is -0.137. The van der Waals surface area contributed by atoms with Gasteiger partial charge in [-0.15, -0.1) is 11.8 Å². The molecule has 3 aromatic rings. The predicted molar refractivity (Wildman–Crippen MR) is 163 cm³/mol. The van der Waals surface area contributed by atoms with Crippen molar-refractivity contribution in [3.63, 3.8) is 0 Å². The topological polar surface area (TPSA) is 79.8 Å². The number of thioether (sulfide) groups is 1. The minimum absolute atomic E-state index is 0.123. The Kier molecular flexibility index (Phi) is 10.1. The number of alkyl halides is 3. The lowest BCUT2D eigenvalue weighted by Gasteiger charge is -2.40. The van der Waals surface area contributed by atoms with E-state index < -0.39 is 23.4 Å². The maximum atomic E-state index is 13.6. The third kappa shape index (κ3) is 7.45. The third-order valence-electron chi connectivity index (χ3n) is 8.42. The zero-order valence-electron chi connectivity index (χ0n) is 23.4. The molecule has 2 saturated heterocycles. The summed E-state index contributed by atoms with van der Waals surface area (Å²) in [7, 11) is 0. The van der Waals surface area contributed by atoms with Crippen molar-refractivity contribution < 1.29 is 23.4 Å². The summed E-state index contributed by atoms with van der Waals surface area (Å²) in [5, 5.41) is 21.8. The van der Waals surface area contributed by atoms with Crippen LogP contribution in [0, 0.1) is 0 Å². The Morgan fingerprint density at radius 1 is 1.05 bits per heavy atom. The van der Waals surface area contributed by atoms with E-state index >= 15 is 0 Å². The van der Waals surface area contributed by atoms with Crippen LogP contribution in [0.2, 0.25) is 5.02 Å². The van der Waals surface area contributed by atoms with Gasteiger partial charge >= 0.3 is 6.18 Å². The molecule has 0 bridgehead atoms. The number of hydrogen-bond acceptors (Lipinski definition) is 6. The van der Waals surface area contributed by atoms with E-state index in [-0.39, 0.29) is 43.5 Å². The Labute approximate surface area is 252 Å². The standard InChI is InChI=1S/C31H37ClF3N3O3S/c32-21-7-9-27(40)25(18-21)28-24-17-20(31(33,34)35)6-8-26(24)36-30(41)29(28)42-19-23(39)5-4-12-37-15-10-22(11-16-37)38-13-2-1-3-14-38/h6-9,17-18,22-23,39-40H,1-5,10-16,19H2,(H,36,41). The molecule has 42 heavy (non-hydrogen) atoms. The molecule has 228 valence electrons. The van der Waals surface area contributed by atoms with Gasteiger partial charge in [-0.25, -0.2) is 0 Å². The smallest absolute Gasteiger partial charge is 0.416 e. The number of pyridine rings is 1. The molecule has 0 saturated carbocycles. The van der Waals surface area contributed by atoms with Gasteiger partial charge in [-0.2, -0.15) is 13.2 Å². The minimum atomic E-state index is -4.59. The van der Waals surface area contributed by atoms with Crippen LogP contribution in [0.25, 0.3) is 22.0 Å². The van der Waals surface area contributed by atoms with Gasteiger partial charge < -0.3 is 25.0 Å². The number of hydrogen-bond donors (Lipinski definition) is 3. The lowest BCUT2D eigenvalue weighted by Crippen LogP contribution is -2.46. The molecule has 2 aliphatic heterocycles. The van der Waals surface area contributed by atoms with Crippen molar-refractivity contribution in [2.24, 2.45) is 0 Å². The van der Waals surface area contributed by atoms with Crippen LogP contribution in [0.15, 0.2) is 46.1 Å². The second-order valence-electron chi connectivity index (χ2n) is 11.4. The average molecular weight is 624 g/mol. The molecule has 6 nitrogen and oxygen atoms in total. The largest absolute Gasteiger partial charge is 0.507 e. The molecule has 3 N–H and O–H groups in total. The lowest BCUT2D eigenvalue weighted by atomic mass is 9.98. The van der Waals surface area contributed by atoms with Gasteiger partial charge in [0.05, 0.1) is 16.6 Å². The fourth-order valence-corrected chi connectivity index (χ4v) is 7.41. The SMILES string of the molecule is O=c1[nH]c2ccc(C(F)(F)F)cc2c(-c2cc(Cl)ccc2O)c1SCC(O)CCCN1CCC(N2CCCCC2)CC1. The molecule has 2 fully saturated rings. The van der Waals surface area contributed by atoms with Crippen LogP contribution < -0.4 is 5.56 Å². The molecule has 1 atom stereocenters. The minimum Gasteiger partial charge on any atom is -0.507 e. The summed E-state index contributed by atoms with van der Waals surface area (Å²) >= 11 is 7.25. The summed E-state index contributed by atoms with van der Waals surface area (Å²) in [5.74, 6) is -0.0333. The number of likely N-dealkylation sites (tertiary alicyclic amines) is 2. The van der Waals surface area contributed by atoms with Crippen LogP contribution in [0.5, 0.6) is 5.75 Å². The van der Waals surface area contributed by atoms with Crippen molar-refractivity contribution in [3.8, 4) is 16.9 Å². The number of fused-ring (bicyclic) bond motifs is 1. The maximum absolute atomic E-state index is 13.6. The van der Waals surface area contributed by atoms with E-state index in [1.165, 1.54) is 69.5 Å². The molecular weight excluding hydrogens is 587 g/mol. The number of nitrogens with one attached hydrogen (secondary N) is 1. The van der Waals surface area contributed by atoms with E-state index in [0.717, 1.165) is 49.9 Å². The normalized spacial score (nSPS) is 18.5. The Hall–Kier alpha value is -2.24. The van der Waals surface area contributed by atoms with Crippen molar-refractivity contribution in [3.05, 3.63) is 57.3 Å². The zero-order chi connectivity index (χ0) is 29.9. The Morgan fingerprint density at radius 2 is 1.79 bits per heavy atom. The van der Waals surface area contributed by atoms with Gasteiger partial charge in [-0.1, -0.05) is 18.0 Å². The number of aromatic hydroxyl groups is 1. The van der Waals surface area contributed by atoms with Crippen LogP contribution in [0.3, 0.4) is 0 Å². The average Bonchev–Trinajstić information content (AvgIpc) is 2.97. The summed E-state index contributed by atoms with van der Waals surface area (Å²) in [6.07, 6.45) is 2.35. The molecule has 0 spiro atoms. The number of phenols is 1. The monoisotopic (exact) mass is 623 g/mol. The number of phenolic OH excluding ortho intramolecular Hbond substituents is 1. The van der Waals surface area contributed by atoms with E-state index in [9.17, 15) is 28.2 Å². The summed E-state index contributed by atoms with van der Waals surface area (Å²) in [6, 6.07) is 8.01. The van der Waals surface area contributed by atoms with Crippen molar-refractivity contribution in [1.29, 1.82) is 0 Å². The number of aromatic nitrogens is 1. The van der Waals surface area contributed by atoms with Crippen molar-refractivity contribution >= 4 is 34.3 Å². The van der Waals surface area contributed by atoms with Crippen molar-refractivity contribution in [1.82, 2.24) is 14.8 Å². The van der Waals surface area contributed by atoms with E-state index in [4.69, 9.17) is 11.6 Å². The van der Waals surface area contributed by atoms with Crippen LogP contribution in [-0.2, 0) is 6.18 Å². The fourth-order valence-electron chi connectivity index (χ4n) is 6.17. The number of rotatable bonds is 9. The molecule has 0 aliphatic carbocycles. The van der Waals surface area contributed by atoms with Gasteiger partial charge in [0.25, 0.3) is 5.56 Å². The molecule has 11 heteroatoms. The number of nitrogens with zero attached hydrogens (tertiary/aromatic N) is 2. The molecular formula is C31H37ClF3N3O3S. The summed E-state index contributed by atoms with van der Waals surface area (Å²) in [6.45, 7) is 5.45. The molecule has 5 rings (SSSR count). The maximum Gasteiger partial charge on any atom is 0.416 e. The number of aliphatic hydroxyl groups is 1. The van der Waals surface area contributed by atoms with Gasteiger partial charge in [0, 0.05) is 38.8 Å². The number of halogens is 4.